The van der Waals surface area contributed by atoms with Crippen LogP contribution in [-0.2, 0) is 0 Å². The van der Waals surface area contributed by atoms with E-state index in [4.69, 9.17) is 0 Å². The first-order valence-electron chi connectivity index (χ1n) is 4.49. The molecule has 0 aromatic heterocycles. The lowest BCUT2D eigenvalue weighted by Crippen LogP contribution is -1.93. The lowest BCUT2D eigenvalue weighted by atomic mass is 10.0. The van der Waals surface area contributed by atoms with Crippen LogP contribution in [0.2, 0.25) is 0 Å². The minimum absolute atomic E-state index is 0.294. The highest BCUT2D eigenvalue weighted by Crippen LogP contribution is 2.28. The maximum atomic E-state index is 13.3. The molecule has 0 heterocycles. The third-order valence-corrected chi connectivity index (χ3v) is 2.16. The van der Waals surface area contributed by atoms with E-state index in [1.54, 1.807) is 0 Å². The molecular formula is C12H6F4. The summed E-state index contributed by atoms with van der Waals surface area (Å²) in [5, 5.41) is 0. The van der Waals surface area contributed by atoms with Crippen LogP contribution in [0.5, 0.6) is 0 Å². The van der Waals surface area contributed by atoms with Crippen LogP contribution in [0.25, 0.3) is 11.1 Å². The van der Waals surface area contributed by atoms with E-state index in [1.807, 2.05) is 0 Å². The number of halogens is 4. The molecule has 0 atom stereocenters. The number of rotatable bonds is 1. The van der Waals surface area contributed by atoms with Gasteiger partial charge in [0.15, 0.2) is 0 Å². The number of benzene rings is 2. The van der Waals surface area contributed by atoms with Crippen molar-refractivity contribution in [3.8, 4) is 11.1 Å². The minimum Gasteiger partial charge on any atom is -0.207 e. The highest BCUT2D eigenvalue weighted by Gasteiger charge is 2.15. The molecule has 0 saturated heterocycles. The van der Waals surface area contributed by atoms with E-state index in [1.165, 1.54) is 6.07 Å². The molecule has 0 nitrogen and oxygen atoms in total. The van der Waals surface area contributed by atoms with Crippen molar-refractivity contribution in [1.29, 1.82) is 0 Å². The fourth-order valence-electron chi connectivity index (χ4n) is 1.45. The first-order chi connectivity index (χ1) is 7.59. The highest BCUT2D eigenvalue weighted by atomic mass is 19.1. The molecule has 0 bridgehead atoms. The Hall–Kier alpha value is -1.84. The summed E-state index contributed by atoms with van der Waals surface area (Å²) in [5.41, 5.74) is -0.781. The van der Waals surface area contributed by atoms with E-state index >= 15 is 0 Å². The van der Waals surface area contributed by atoms with Crippen molar-refractivity contribution >= 4 is 0 Å². The third-order valence-electron chi connectivity index (χ3n) is 2.16. The van der Waals surface area contributed by atoms with Crippen molar-refractivity contribution in [2.45, 2.75) is 0 Å². The SMILES string of the molecule is Fc1ccc(-c2c(F)cccc2F)c(F)c1. The Morgan fingerprint density at radius 2 is 1.31 bits per heavy atom. The molecule has 0 unspecified atom stereocenters. The second-order valence-corrected chi connectivity index (χ2v) is 3.22. The Morgan fingerprint density at radius 1 is 0.688 bits per heavy atom. The summed E-state index contributed by atoms with van der Waals surface area (Å²) in [5.74, 6) is -3.56. The Labute approximate surface area is 89.2 Å². The average Bonchev–Trinajstić information content (AvgIpc) is 2.20. The molecule has 0 aliphatic carbocycles. The van der Waals surface area contributed by atoms with Crippen LogP contribution < -0.4 is 0 Å². The van der Waals surface area contributed by atoms with Crippen molar-refractivity contribution in [1.82, 2.24) is 0 Å². The van der Waals surface area contributed by atoms with Crippen LogP contribution in [0.15, 0.2) is 36.4 Å². The quantitative estimate of drug-likeness (QED) is 0.646. The molecule has 0 N–H and O–H groups in total. The van der Waals surface area contributed by atoms with Gasteiger partial charge < -0.3 is 0 Å². The minimum atomic E-state index is -0.996. The van der Waals surface area contributed by atoms with Crippen molar-refractivity contribution in [2.24, 2.45) is 0 Å². The second-order valence-electron chi connectivity index (χ2n) is 3.22. The monoisotopic (exact) mass is 226 g/mol. The van der Waals surface area contributed by atoms with Gasteiger partial charge in [0.1, 0.15) is 23.3 Å². The van der Waals surface area contributed by atoms with Crippen molar-refractivity contribution in [2.75, 3.05) is 0 Å². The standard InChI is InChI=1S/C12H6F4/c13-7-4-5-8(11(16)6-7)12-9(14)2-1-3-10(12)15/h1-6H. The fourth-order valence-corrected chi connectivity index (χ4v) is 1.45. The van der Waals surface area contributed by atoms with Gasteiger partial charge in [0.25, 0.3) is 0 Å². The molecule has 2 aromatic carbocycles. The maximum Gasteiger partial charge on any atom is 0.134 e. The van der Waals surface area contributed by atoms with Gasteiger partial charge in [-0.2, -0.15) is 0 Å². The molecule has 0 radical (unpaired) electrons. The Balaban J connectivity index is 2.68. The lowest BCUT2D eigenvalue weighted by molar-refractivity contribution is 0.571. The number of hydrogen-bond donors (Lipinski definition) is 0. The zero-order valence-corrected chi connectivity index (χ0v) is 7.98. The summed E-state index contributed by atoms with van der Waals surface area (Å²) >= 11 is 0. The molecular weight excluding hydrogens is 220 g/mol. The second kappa shape index (κ2) is 3.96. The van der Waals surface area contributed by atoms with Crippen LogP contribution in [0, 0.1) is 23.3 Å². The maximum absolute atomic E-state index is 13.3. The van der Waals surface area contributed by atoms with Crippen LogP contribution in [0.3, 0.4) is 0 Å². The van der Waals surface area contributed by atoms with Gasteiger partial charge in [-0.25, -0.2) is 17.6 Å². The summed E-state index contributed by atoms with van der Waals surface area (Å²) in [4.78, 5) is 0. The van der Waals surface area contributed by atoms with E-state index in [0.717, 1.165) is 24.3 Å². The highest BCUT2D eigenvalue weighted by molar-refractivity contribution is 5.65. The predicted molar refractivity (Wildman–Crippen MR) is 51.7 cm³/mol. The molecule has 0 saturated carbocycles. The van der Waals surface area contributed by atoms with Crippen LogP contribution in [0.4, 0.5) is 17.6 Å². The van der Waals surface area contributed by atoms with Crippen molar-refractivity contribution in [3.05, 3.63) is 59.7 Å². The van der Waals surface area contributed by atoms with Gasteiger partial charge in [-0.15, -0.1) is 0 Å². The average molecular weight is 226 g/mol. The molecule has 4 heteroatoms. The largest absolute Gasteiger partial charge is 0.207 e. The lowest BCUT2D eigenvalue weighted by Gasteiger charge is -2.06. The molecule has 0 fully saturated rings. The molecule has 2 aromatic rings. The van der Waals surface area contributed by atoms with Crippen LogP contribution in [-0.4, -0.2) is 0 Å². The molecule has 82 valence electrons. The molecule has 0 aliphatic rings. The first-order valence-corrected chi connectivity index (χ1v) is 4.49. The molecule has 16 heavy (non-hydrogen) atoms. The van der Waals surface area contributed by atoms with Crippen LogP contribution >= 0.6 is 0 Å². The van der Waals surface area contributed by atoms with E-state index in [9.17, 15) is 17.6 Å². The topological polar surface area (TPSA) is 0 Å². The number of hydrogen-bond acceptors (Lipinski definition) is 0. The molecule has 0 aliphatic heterocycles. The van der Waals surface area contributed by atoms with Gasteiger partial charge in [-0.1, -0.05) is 6.07 Å². The molecule has 0 spiro atoms. The predicted octanol–water partition coefficient (Wildman–Crippen LogP) is 3.91. The normalized spacial score (nSPS) is 10.5. The van der Waals surface area contributed by atoms with E-state index in [2.05, 4.69) is 0 Å². The van der Waals surface area contributed by atoms with Crippen molar-refractivity contribution < 1.29 is 17.6 Å². The fraction of sp³-hybridized carbons (Fsp3) is 0. The molecule has 2 rings (SSSR count). The zero-order chi connectivity index (χ0) is 11.7. The summed E-state index contributed by atoms with van der Waals surface area (Å²) in [6, 6.07) is 5.75. The van der Waals surface area contributed by atoms with Gasteiger partial charge in [0.05, 0.1) is 5.56 Å². The van der Waals surface area contributed by atoms with Gasteiger partial charge in [-0.05, 0) is 24.3 Å². The Kier molecular flexibility index (Phi) is 2.64. The van der Waals surface area contributed by atoms with Gasteiger partial charge in [0.2, 0.25) is 0 Å². The smallest absolute Gasteiger partial charge is 0.134 e. The van der Waals surface area contributed by atoms with Gasteiger partial charge in [-0.3, -0.25) is 0 Å². The summed E-state index contributed by atoms with van der Waals surface area (Å²) in [7, 11) is 0. The third kappa shape index (κ3) is 1.78. The first kappa shape index (κ1) is 10.7. The van der Waals surface area contributed by atoms with Gasteiger partial charge in [0, 0.05) is 11.6 Å². The van der Waals surface area contributed by atoms with Gasteiger partial charge >= 0.3 is 0 Å². The summed E-state index contributed by atoms with van der Waals surface area (Å²) in [6.45, 7) is 0. The zero-order valence-electron chi connectivity index (χ0n) is 7.98. The Bertz CT molecular complexity index is 514. The molecule has 0 amide bonds. The van der Waals surface area contributed by atoms with E-state index in [-0.39, 0.29) is 5.56 Å². The summed E-state index contributed by atoms with van der Waals surface area (Å²) < 4.78 is 52.6. The van der Waals surface area contributed by atoms with Crippen molar-refractivity contribution in [3.63, 3.8) is 0 Å². The van der Waals surface area contributed by atoms with Crippen LogP contribution in [0.1, 0.15) is 0 Å². The van der Waals surface area contributed by atoms with E-state index in [0.29, 0.717) is 6.07 Å². The summed E-state index contributed by atoms with van der Waals surface area (Å²) in [6.07, 6.45) is 0. The van der Waals surface area contributed by atoms with E-state index < -0.39 is 28.8 Å². The Morgan fingerprint density at radius 3 is 1.88 bits per heavy atom.